The highest BCUT2D eigenvalue weighted by molar-refractivity contribution is 9.10. The smallest absolute Gasteiger partial charge is 0.0735 e. The van der Waals surface area contributed by atoms with Crippen LogP contribution in [0.1, 0.15) is 12.6 Å². The van der Waals surface area contributed by atoms with Gasteiger partial charge in [0.25, 0.3) is 0 Å². The van der Waals surface area contributed by atoms with Crippen LogP contribution in [0.3, 0.4) is 0 Å². The first-order valence-corrected chi connectivity index (χ1v) is 3.73. The molecule has 0 bridgehead atoms. The van der Waals surface area contributed by atoms with E-state index >= 15 is 0 Å². The first-order valence-electron chi connectivity index (χ1n) is 2.93. The fraction of sp³-hybridized carbons (Fsp3) is 0.500. The molecule has 0 radical (unpaired) electrons. The third-order valence-electron chi connectivity index (χ3n) is 1.21. The molecule has 1 aromatic rings. The number of aromatic nitrogens is 2. The van der Waals surface area contributed by atoms with Crippen molar-refractivity contribution in [2.24, 2.45) is 0 Å². The van der Waals surface area contributed by atoms with Gasteiger partial charge in [0, 0.05) is 12.7 Å². The number of hydrogen-bond donors (Lipinski definition) is 0. The van der Waals surface area contributed by atoms with Gasteiger partial charge in [0.2, 0.25) is 0 Å². The van der Waals surface area contributed by atoms with Gasteiger partial charge in [-0.2, -0.15) is 5.10 Å². The van der Waals surface area contributed by atoms with Crippen molar-refractivity contribution in [3.8, 4) is 0 Å². The Kier molecular flexibility index (Phi) is 1.90. The molecule has 0 N–H and O–H groups in total. The monoisotopic (exact) mass is 188 g/mol. The predicted octanol–water partition coefficient (Wildman–Crippen LogP) is 1.97. The zero-order valence-electron chi connectivity index (χ0n) is 5.56. The van der Waals surface area contributed by atoms with Gasteiger partial charge in [-0.05, 0) is 29.8 Å². The molecule has 0 aromatic carbocycles. The average Bonchev–Trinajstić information content (AvgIpc) is 2.13. The number of hydrogen-bond acceptors (Lipinski definition) is 1. The second-order valence-corrected chi connectivity index (χ2v) is 2.77. The lowest BCUT2D eigenvalue weighted by Crippen LogP contribution is -1.93. The van der Waals surface area contributed by atoms with E-state index in [2.05, 4.69) is 28.0 Å². The van der Waals surface area contributed by atoms with E-state index in [0.717, 1.165) is 16.7 Å². The number of rotatable bonds is 1. The van der Waals surface area contributed by atoms with Gasteiger partial charge in [-0.25, -0.2) is 0 Å². The molecule has 1 aromatic heterocycles. The Morgan fingerprint density at radius 1 is 1.78 bits per heavy atom. The maximum atomic E-state index is 4.20. The molecular weight excluding hydrogens is 180 g/mol. The Hall–Kier alpha value is -0.310. The van der Waals surface area contributed by atoms with Crippen LogP contribution in [-0.4, -0.2) is 9.78 Å². The zero-order valence-corrected chi connectivity index (χ0v) is 7.14. The summed E-state index contributed by atoms with van der Waals surface area (Å²) in [6.07, 6.45) is 1.98. The lowest BCUT2D eigenvalue weighted by molar-refractivity contribution is 0.653. The molecule has 3 heteroatoms. The van der Waals surface area contributed by atoms with E-state index < -0.39 is 0 Å². The molecule has 0 saturated heterocycles. The van der Waals surface area contributed by atoms with Crippen molar-refractivity contribution >= 4 is 15.9 Å². The molecule has 0 aliphatic rings. The molecule has 2 nitrogen and oxygen atoms in total. The lowest BCUT2D eigenvalue weighted by Gasteiger charge is -1.88. The largest absolute Gasteiger partial charge is 0.272 e. The number of halogens is 1. The topological polar surface area (TPSA) is 17.8 Å². The summed E-state index contributed by atoms with van der Waals surface area (Å²) in [6, 6.07) is 0. The van der Waals surface area contributed by atoms with Crippen LogP contribution in [0.25, 0.3) is 0 Å². The standard InChI is InChI=1S/C6H9BrN2/c1-3-9-4-6(7)5(2)8-9/h4H,3H2,1-2H3. The molecular formula is C6H9BrN2. The average molecular weight is 189 g/mol. The van der Waals surface area contributed by atoms with E-state index in [4.69, 9.17) is 0 Å². The summed E-state index contributed by atoms with van der Waals surface area (Å²) in [7, 11) is 0. The van der Waals surface area contributed by atoms with Crippen molar-refractivity contribution in [3.05, 3.63) is 16.4 Å². The molecule has 0 unspecified atom stereocenters. The fourth-order valence-corrected chi connectivity index (χ4v) is 0.971. The van der Waals surface area contributed by atoms with E-state index in [0.29, 0.717) is 0 Å². The van der Waals surface area contributed by atoms with Crippen LogP contribution in [-0.2, 0) is 6.54 Å². The third kappa shape index (κ3) is 1.33. The minimum Gasteiger partial charge on any atom is -0.272 e. The number of aryl methyl sites for hydroxylation is 2. The van der Waals surface area contributed by atoms with Gasteiger partial charge in [-0.1, -0.05) is 0 Å². The van der Waals surface area contributed by atoms with E-state index in [1.165, 1.54) is 0 Å². The Bertz CT molecular complexity index is 185. The summed E-state index contributed by atoms with van der Waals surface area (Å²) < 4.78 is 2.99. The summed E-state index contributed by atoms with van der Waals surface area (Å²) in [5.41, 5.74) is 1.05. The Balaban J connectivity index is 2.98. The quantitative estimate of drug-likeness (QED) is 0.660. The van der Waals surface area contributed by atoms with Crippen LogP contribution >= 0.6 is 15.9 Å². The molecule has 0 fully saturated rings. The van der Waals surface area contributed by atoms with Crippen molar-refractivity contribution < 1.29 is 0 Å². The minimum absolute atomic E-state index is 0.937. The maximum absolute atomic E-state index is 4.20. The second kappa shape index (κ2) is 2.52. The van der Waals surface area contributed by atoms with Gasteiger partial charge in [0.15, 0.2) is 0 Å². The van der Waals surface area contributed by atoms with Crippen LogP contribution in [0.4, 0.5) is 0 Å². The predicted molar refractivity (Wildman–Crippen MR) is 40.3 cm³/mol. The highest BCUT2D eigenvalue weighted by atomic mass is 79.9. The second-order valence-electron chi connectivity index (χ2n) is 1.92. The van der Waals surface area contributed by atoms with Crippen LogP contribution in [0.5, 0.6) is 0 Å². The molecule has 0 aliphatic heterocycles. The Morgan fingerprint density at radius 2 is 2.44 bits per heavy atom. The van der Waals surface area contributed by atoms with Gasteiger partial charge < -0.3 is 0 Å². The van der Waals surface area contributed by atoms with Crippen molar-refractivity contribution in [3.63, 3.8) is 0 Å². The summed E-state index contributed by atoms with van der Waals surface area (Å²) in [4.78, 5) is 0. The van der Waals surface area contributed by atoms with Gasteiger partial charge in [0.05, 0.1) is 10.2 Å². The molecule has 1 heterocycles. The molecule has 0 spiro atoms. The van der Waals surface area contributed by atoms with Gasteiger partial charge in [0.1, 0.15) is 0 Å². The molecule has 1 rings (SSSR count). The van der Waals surface area contributed by atoms with Gasteiger partial charge in [-0.3, -0.25) is 4.68 Å². The molecule has 9 heavy (non-hydrogen) atoms. The van der Waals surface area contributed by atoms with Crippen molar-refractivity contribution in [2.75, 3.05) is 0 Å². The van der Waals surface area contributed by atoms with E-state index in [-0.39, 0.29) is 0 Å². The normalized spacial score (nSPS) is 10.1. The van der Waals surface area contributed by atoms with Gasteiger partial charge >= 0.3 is 0 Å². The number of nitrogens with zero attached hydrogens (tertiary/aromatic N) is 2. The van der Waals surface area contributed by atoms with Crippen LogP contribution < -0.4 is 0 Å². The van der Waals surface area contributed by atoms with Crippen LogP contribution in [0.2, 0.25) is 0 Å². The fourth-order valence-electron chi connectivity index (χ4n) is 0.656. The molecule has 0 aliphatic carbocycles. The maximum Gasteiger partial charge on any atom is 0.0735 e. The summed E-state index contributed by atoms with van der Waals surface area (Å²) in [5, 5.41) is 4.20. The van der Waals surface area contributed by atoms with E-state index in [1.807, 2.05) is 17.8 Å². The highest BCUT2D eigenvalue weighted by Gasteiger charge is 1.97. The Morgan fingerprint density at radius 3 is 2.67 bits per heavy atom. The first kappa shape index (κ1) is 6.81. The Labute approximate surface area is 63.0 Å². The van der Waals surface area contributed by atoms with Crippen LogP contribution in [0.15, 0.2) is 10.7 Å². The third-order valence-corrected chi connectivity index (χ3v) is 1.99. The molecule has 0 saturated carbocycles. The molecule has 50 valence electrons. The minimum atomic E-state index is 0.937. The molecule has 0 atom stereocenters. The van der Waals surface area contributed by atoms with E-state index in [1.54, 1.807) is 0 Å². The lowest BCUT2D eigenvalue weighted by atomic mass is 10.5. The van der Waals surface area contributed by atoms with Crippen molar-refractivity contribution in [2.45, 2.75) is 20.4 Å². The van der Waals surface area contributed by atoms with Crippen molar-refractivity contribution in [1.29, 1.82) is 0 Å². The SMILES string of the molecule is CCn1cc(Br)c(C)n1. The molecule has 0 amide bonds. The zero-order chi connectivity index (χ0) is 6.85. The summed E-state index contributed by atoms with van der Waals surface area (Å²) in [6.45, 7) is 4.99. The van der Waals surface area contributed by atoms with Gasteiger partial charge in [-0.15, -0.1) is 0 Å². The highest BCUT2D eigenvalue weighted by Crippen LogP contribution is 2.12. The first-order chi connectivity index (χ1) is 4.24. The van der Waals surface area contributed by atoms with Crippen LogP contribution in [0, 0.1) is 6.92 Å². The summed E-state index contributed by atoms with van der Waals surface area (Å²) in [5.74, 6) is 0. The summed E-state index contributed by atoms with van der Waals surface area (Å²) >= 11 is 3.37. The van der Waals surface area contributed by atoms with Crippen molar-refractivity contribution in [1.82, 2.24) is 9.78 Å². The van der Waals surface area contributed by atoms with E-state index in [9.17, 15) is 0 Å².